The molecule has 0 atom stereocenters. The molecule has 0 aliphatic carbocycles. The molecule has 1 fully saturated rings. The molecule has 14 nitrogen and oxygen atoms in total. The van der Waals surface area contributed by atoms with Crippen LogP contribution >= 0.6 is 0 Å². The van der Waals surface area contributed by atoms with E-state index in [1.807, 2.05) is 0 Å². The maximum atomic E-state index is 14.4. The second kappa shape index (κ2) is 17.2. The summed E-state index contributed by atoms with van der Waals surface area (Å²) in [4.78, 5) is 30.6. The lowest BCUT2D eigenvalue weighted by atomic mass is 10.1. The number of anilines is 2. The zero-order valence-corrected chi connectivity index (χ0v) is 28.8. The van der Waals surface area contributed by atoms with Crippen molar-refractivity contribution in [3.63, 3.8) is 0 Å². The number of aromatic nitrogens is 1. The van der Waals surface area contributed by atoms with Gasteiger partial charge in [0.15, 0.2) is 41.2 Å². The molecule has 0 bridgehead atoms. The van der Waals surface area contributed by atoms with Crippen molar-refractivity contribution in [3.05, 3.63) is 85.1 Å². The highest BCUT2D eigenvalue weighted by Gasteiger charge is 2.25. The van der Waals surface area contributed by atoms with E-state index in [-0.39, 0.29) is 76.0 Å². The molecule has 1 aliphatic heterocycles. The Labute approximate surface area is 294 Å². The standard InChI is InChI=1S/C35H37FN4O10S/c1-45-27-13-7-8-14-29(27)50-33-30(47-21-22-48-35(42)40(36)25-11-5-3-6-12-25)17-18-37-34(33)38-51(43,44)26-15-16-28(46-2)31(23-26)49-24-32(41)39-19-9-4-10-20-39/h3,5-8,11-18,23H,4,9-10,19-22,24H2,1-2H3,(H,37,38). The summed E-state index contributed by atoms with van der Waals surface area (Å²) < 4.78 is 77.7. The lowest BCUT2D eigenvalue weighted by Gasteiger charge is -2.26. The van der Waals surface area contributed by atoms with Gasteiger partial charge >= 0.3 is 6.09 Å². The molecule has 16 heteroatoms. The molecule has 1 N–H and O–H groups in total. The van der Waals surface area contributed by atoms with Crippen LogP contribution in [0.3, 0.4) is 0 Å². The van der Waals surface area contributed by atoms with Crippen LogP contribution in [0.1, 0.15) is 19.3 Å². The van der Waals surface area contributed by atoms with Crippen LogP contribution in [0.2, 0.25) is 0 Å². The number of para-hydroxylation sites is 3. The summed E-state index contributed by atoms with van der Waals surface area (Å²) in [6.07, 6.45) is 2.92. The number of hydrogen-bond acceptors (Lipinski definition) is 11. The summed E-state index contributed by atoms with van der Waals surface area (Å²) in [7, 11) is -1.53. The van der Waals surface area contributed by atoms with Gasteiger partial charge in [-0.2, -0.15) is 0 Å². The lowest BCUT2D eigenvalue weighted by Crippen LogP contribution is -2.38. The third-order valence-corrected chi connectivity index (χ3v) is 8.93. The summed E-state index contributed by atoms with van der Waals surface area (Å²) in [6, 6.07) is 19.6. The molecule has 0 unspecified atom stereocenters. The van der Waals surface area contributed by atoms with Crippen LogP contribution < -0.4 is 33.5 Å². The number of nitrogens with one attached hydrogen (secondary N) is 1. The maximum Gasteiger partial charge on any atom is 0.443 e. The fourth-order valence-corrected chi connectivity index (χ4v) is 6.05. The SMILES string of the molecule is COc1ccc(S(=O)(=O)Nc2nccc(OCCOC(=O)N(F)c3ccccc3)c2Oc2ccccc2OC)cc1OCC(=O)N1CCCCC1. The first-order valence-electron chi connectivity index (χ1n) is 15.9. The minimum absolute atomic E-state index is 0.0107. The van der Waals surface area contributed by atoms with Gasteiger partial charge in [-0.05, 0) is 55.7 Å². The van der Waals surface area contributed by atoms with Gasteiger partial charge in [0.05, 0.1) is 24.8 Å². The second-order valence-corrected chi connectivity index (χ2v) is 12.6. The Hall–Kier alpha value is -5.77. The molecule has 3 aromatic carbocycles. The Morgan fingerprint density at radius 3 is 2.24 bits per heavy atom. The number of likely N-dealkylation sites (tertiary alicyclic amines) is 1. The molecule has 1 aromatic heterocycles. The van der Waals surface area contributed by atoms with Crippen LogP contribution in [0, 0.1) is 0 Å². The zero-order chi connectivity index (χ0) is 36.2. The van der Waals surface area contributed by atoms with Crippen molar-refractivity contribution in [2.75, 3.05) is 57.0 Å². The Morgan fingerprint density at radius 2 is 1.51 bits per heavy atom. The number of rotatable bonds is 15. The molecule has 5 rings (SSSR count). The van der Waals surface area contributed by atoms with Crippen LogP contribution in [0.4, 0.5) is 20.8 Å². The third kappa shape index (κ3) is 9.48. The molecule has 2 amide bonds. The molecule has 1 saturated heterocycles. The first-order chi connectivity index (χ1) is 24.7. The van der Waals surface area contributed by atoms with E-state index in [4.69, 9.17) is 28.4 Å². The van der Waals surface area contributed by atoms with Gasteiger partial charge < -0.3 is 33.3 Å². The van der Waals surface area contributed by atoms with E-state index in [0.717, 1.165) is 19.3 Å². The van der Waals surface area contributed by atoms with Crippen molar-refractivity contribution in [1.82, 2.24) is 9.88 Å². The molecule has 4 aromatic rings. The predicted octanol–water partition coefficient (Wildman–Crippen LogP) is 5.99. The fraction of sp³-hybridized carbons (Fsp3) is 0.286. The van der Waals surface area contributed by atoms with E-state index >= 15 is 0 Å². The third-order valence-electron chi connectivity index (χ3n) is 7.60. The number of nitrogens with zero attached hydrogens (tertiary/aromatic N) is 3. The number of methoxy groups -OCH3 is 2. The Morgan fingerprint density at radius 1 is 0.824 bits per heavy atom. The topological polar surface area (TPSA) is 155 Å². The van der Waals surface area contributed by atoms with Gasteiger partial charge in [0.1, 0.15) is 13.2 Å². The normalized spacial score (nSPS) is 12.7. The van der Waals surface area contributed by atoms with Gasteiger partial charge in [-0.15, -0.1) is 5.12 Å². The van der Waals surface area contributed by atoms with Crippen LogP contribution in [0.15, 0.2) is 90.0 Å². The first-order valence-corrected chi connectivity index (χ1v) is 17.4. The van der Waals surface area contributed by atoms with Gasteiger partial charge in [0, 0.05) is 31.4 Å². The molecule has 0 spiro atoms. The second-order valence-electron chi connectivity index (χ2n) is 11.0. The van der Waals surface area contributed by atoms with Gasteiger partial charge in [0.2, 0.25) is 5.75 Å². The van der Waals surface area contributed by atoms with Gasteiger partial charge in [-0.3, -0.25) is 9.52 Å². The smallest absolute Gasteiger partial charge is 0.443 e. The number of benzene rings is 3. The molecular formula is C35H37FN4O10S. The maximum absolute atomic E-state index is 14.4. The highest BCUT2D eigenvalue weighted by atomic mass is 32.2. The largest absolute Gasteiger partial charge is 0.493 e. The van der Waals surface area contributed by atoms with Crippen LogP contribution in [0.25, 0.3) is 0 Å². The minimum Gasteiger partial charge on any atom is -0.493 e. The summed E-state index contributed by atoms with van der Waals surface area (Å²) in [6.45, 7) is 0.362. The van der Waals surface area contributed by atoms with E-state index in [2.05, 4.69) is 9.71 Å². The van der Waals surface area contributed by atoms with E-state index in [1.54, 1.807) is 47.4 Å². The highest BCUT2D eigenvalue weighted by molar-refractivity contribution is 7.92. The number of hydrogen-bond donors (Lipinski definition) is 1. The predicted molar refractivity (Wildman–Crippen MR) is 184 cm³/mol. The average molecular weight is 725 g/mol. The summed E-state index contributed by atoms with van der Waals surface area (Å²) >= 11 is 0. The summed E-state index contributed by atoms with van der Waals surface area (Å²) in [5.74, 6) is 0.215. The number of sulfonamides is 1. The average Bonchev–Trinajstić information content (AvgIpc) is 3.16. The van der Waals surface area contributed by atoms with Gasteiger partial charge in [-0.25, -0.2) is 18.2 Å². The van der Waals surface area contributed by atoms with Crippen molar-refractivity contribution >= 4 is 33.5 Å². The zero-order valence-electron chi connectivity index (χ0n) is 28.0. The quantitative estimate of drug-likeness (QED) is 0.114. The summed E-state index contributed by atoms with van der Waals surface area (Å²) in [5.41, 5.74) is -0.0107. The van der Waals surface area contributed by atoms with Crippen molar-refractivity contribution < 1.29 is 50.9 Å². The Kier molecular flexibility index (Phi) is 12.3. The minimum atomic E-state index is -4.37. The molecule has 0 saturated carbocycles. The van der Waals surface area contributed by atoms with Crippen molar-refractivity contribution in [2.45, 2.75) is 24.2 Å². The number of amides is 2. The Balaban J connectivity index is 1.35. The number of carbonyl (C=O) groups excluding carboxylic acids is 2. The lowest BCUT2D eigenvalue weighted by molar-refractivity contribution is -0.134. The molecule has 0 radical (unpaired) electrons. The van der Waals surface area contributed by atoms with E-state index in [1.165, 1.54) is 56.8 Å². The number of halogens is 1. The monoisotopic (exact) mass is 724 g/mol. The molecule has 51 heavy (non-hydrogen) atoms. The highest BCUT2D eigenvalue weighted by Crippen LogP contribution is 2.41. The van der Waals surface area contributed by atoms with Crippen molar-refractivity contribution in [1.29, 1.82) is 0 Å². The first kappa shape index (κ1) is 36.5. The molecule has 270 valence electrons. The van der Waals surface area contributed by atoms with Crippen molar-refractivity contribution in [3.8, 4) is 34.5 Å². The van der Waals surface area contributed by atoms with Crippen LogP contribution in [-0.4, -0.2) is 77.4 Å². The van der Waals surface area contributed by atoms with Crippen LogP contribution in [0.5, 0.6) is 34.5 Å². The number of pyridine rings is 1. The van der Waals surface area contributed by atoms with Gasteiger partial charge in [-0.1, -0.05) is 34.8 Å². The van der Waals surface area contributed by atoms with Crippen molar-refractivity contribution in [2.24, 2.45) is 0 Å². The van der Waals surface area contributed by atoms with Crippen LogP contribution in [-0.2, 0) is 19.6 Å². The van der Waals surface area contributed by atoms with E-state index in [9.17, 15) is 22.5 Å². The molecule has 1 aliphatic rings. The summed E-state index contributed by atoms with van der Waals surface area (Å²) in [5, 5.41) is -0.141. The van der Waals surface area contributed by atoms with Gasteiger partial charge in [0.25, 0.3) is 15.9 Å². The number of piperidine rings is 1. The molecular weight excluding hydrogens is 687 g/mol. The number of carbonyl (C=O) groups is 2. The number of ether oxygens (including phenoxy) is 6. The Bertz CT molecular complexity index is 1910. The van der Waals surface area contributed by atoms with E-state index < -0.39 is 16.1 Å². The molecule has 2 heterocycles. The van der Waals surface area contributed by atoms with E-state index in [0.29, 0.717) is 18.8 Å². The fourth-order valence-electron chi connectivity index (χ4n) is 5.03.